The van der Waals surface area contributed by atoms with E-state index < -0.39 is 0 Å². The number of amides is 1. The lowest BCUT2D eigenvalue weighted by molar-refractivity contribution is -0.116. The van der Waals surface area contributed by atoms with Crippen LogP contribution in [-0.2, 0) is 11.3 Å². The molecule has 0 radical (unpaired) electrons. The van der Waals surface area contributed by atoms with Crippen molar-refractivity contribution in [3.05, 3.63) is 48.6 Å². The highest BCUT2D eigenvalue weighted by Gasteiger charge is 1.93. The van der Waals surface area contributed by atoms with Crippen LogP contribution < -0.4 is 10.6 Å². The highest BCUT2D eigenvalue weighted by molar-refractivity contribution is 5.86. The van der Waals surface area contributed by atoms with Crippen molar-refractivity contribution < 1.29 is 4.79 Å². The van der Waals surface area contributed by atoms with E-state index in [9.17, 15) is 4.79 Å². The van der Waals surface area contributed by atoms with Gasteiger partial charge in [0.2, 0.25) is 5.91 Å². The van der Waals surface area contributed by atoms with E-state index in [1.165, 1.54) is 44.8 Å². The molecule has 0 spiro atoms. The van der Waals surface area contributed by atoms with Crippen molar-refractivity contribution in [1.29, 1.82) is 0 Å². The molecule has 0 unspecified atom stereocenters. The van der Waals surface area contributed by atoms with Crippen molar-refractivity contribution in [3.8, 4) is 0 Å². The zero-order chi connectivity index (χ0) is 15.8. The molecule has 0 bridgehead atoms. The summed E-state index contributed by atoms with van der Waals surface area (Å²) in [6, 6.07) is 9.75. The predicted octanol–water partition coefficient (Wildman–Crippen LogP) is 3.67. The molecular weight excluding hydrogens is 260 g/mol. The topological polar surface area (TPSA) is 41.1 Å². The Labute approximate surface area is 129 Å². The smallest absolute Gasteiger partial charge is 0.243 e. The first-order valence-corrected chi connectivity index (χ1v) is 7.89. The molecule has 1 aromatic carbocycles. The van der Waals surface area contributed by atoms with Crippen LogP contribution in [-0.4, -0.2) is 19.0 Å². The summed E-state index contributed by atoms with van der Waals surface area (Å²) >= 11 is 0. The molecule has 0 aliphatic carbocycles. The van der Waals surface area contributed by atoms with Crippen molar-refractivity contribution in [3.63, 3.8) is 0 Å². The van der Waals surface area contributed by atoms with E-state index in [0.29, 0.717) is 6.54 Å². The molecule has 0 aliphatic rings. The number of unbranched alkanes of at least 4 members (excludes halogenated alkanes) is 2. The SMILES string of the molecule is C=CC(=O)NCc1ccccc1.CCCCNCCCC. The van der Waals surface area contributed by atoms with Crippen LogP contribution in [0.2, 0.25) is 0 Å². The van der Waals surface area contributed by atoms with Crippen LogP contribution in [0.3, 0.4) is 0 Å². The number of nitrogens with one attached hydrogen (secondary N) is 2. The predicted molar refractivity (Wildman–Crippen MR) is 91.2 cm³/mol. The van der Waals surface area contributed by atoms with Crippen LogP contribution in [0, 0.1) is 0 Å². The minimum Gasteiger partial charge on any atom is -0.348 e. The number of hydrogen-bond donors (Lipinski definition) is 2. The maximum Gasteiger partial charge on any atom is 0.243 e. The molecule has 2 N–H and O–H groups in total. The second kappa shape index (κ2) is 14.8. The maximum atomic E-state index is 10.8. The number of hydrogen-bond acceptors (Lipinski definition) is 2. The largest absolute Gasteiger partial charge is 0.348 e. The van der Waals surface area contributed by atoms with Gasteiger partial charge in [0.15, 0.2) is 0 Å². The molecule has 0 aliphatic heterocycles. The Morgan fingerprint density at radius 3 is 2.14 bits per heavy atom. The number of rotatable bonds is 9. The lowest BCUT2D eigenvalue weighted by Gasteiger charge is -2.00. The van der Waals surface area contributed by atoms with Gasteiger partial charge in [0.05, 0.1) is 0 Å². The zero-order valence-corrected chi connectivity index (χ0v) is 13.5. The summed E-state index contributed by atoms with van der Waals surface area (Å²) in [4.78, 5) is 10.8. The van der Waals surface area contributed by atoms with E-state index >= 15 is 0 Å². The second-order valence-corrected chi connectivity index (χ2v) is 4.86. The zero-order valence-electron chi connectivity index (χ0n) is 13.5. The first-order valence-electron chi connectivity index (χ1n) is 7.89. The number of carbonyl (C=O) groups is 1. The van der Waals surface area contributed by atoms with E-state index in [2.05, 4.69) is 31.1 Å². The Hall–Kier alpha value is -1.61. The minimum absolute atomic E-state index is 0.140. The Morgan fingerprint density at radius 1 is 1.10 bits per heavy atom. The van der Waals surface area contributed by atoms with Crippen molar-refractivity contribution in [2.45, 2.75) is 46.1 Å². The van der Waals surface area contributed by atoms with Gasteiger partial charge in [-0.3, -0.25) is 4.79 Å². The molecule has 1 aromatic rings. The van der Waals surface area contributed by atoms with Gasteiger partial charge in [-0.1, -0.05) is 63.6 Å². The maximum absolute atomic E-state index is 10.8. The van der Waals surface area contributed by atoms with Gasteiger partial charge in [-0.25, -0.2) is 0 Å². The van der Waals surface area contributed by atoms with Crippen molar-refractivity contribution in [2.75, 3.05) is 13.1 Å². The minimum atomic E-state index is -0.140. The highest BCUT2D eigenvalue weighted by Crippen LogP contribution is 1.96. The van der Waals surface area contributed by atoms with E-state index in [0.717, 1.165) is 5.56 Å². The molecule has 0 saturated carbocycles. The van der Waals surface area contributed by atoms with Gasteiger partial charge in [-0.2, -0.15) is 0 Å². The van der Waals surface area contributed by atoms with Crippen LogP contribution in [0.4, 0.5) is 0 Å². The molecule has 0 atom stereocenters. The lowest BCUT2D eigenvalue weighted by Crippen LogP contribution is -2.19. The van der Waals surface area contributed by atoms with Crippen molar-refractivity contribution in [1.82, 2.24) is 10.6 Å². The third-order valence-electron chi connectivity index (χ3n) is 2.91. The van der Waals surface area contributed by atoms with Gasteiger partial charge in [0, 0.05) is 6.54 Å². The van der Waals surface area contributed by atoms with E-state index in [1.54, 1.807) is 0 Å². The fourth-order valence-corrected chi connectivity index (χ4v) is 1.59. The normalized spacial score (nSPS) is 9.43. The molecule has 0 aromatic heterocycles. The molecule has 118 valence electrons. The molecule has 0 saturated heterocycles. The average molecular weight is 290 g/mol. The number of carbonyl (C=O) groups excluding carboxylic acids is 1. The summed E-state index contributed by atoms with van der Waals surface area (Å²) in [7, 11) is 0. The third kappa shape index (κ3) is 13.1. The quantitative estimate of drug-likeness (QED) is 0.538. The lowest BCUT2D eigenvalue weighted by atomic mass is 10.2. The molecule has 1 rings (SSSR count). The monoisotopic (exact) mass is 290 g/mol. The summed E-state index contributed by atoms with van der Waals surface area (Å²) in [5, 5.41) is 6.08. The second-order valence-electron chi connectivity index (χ2n) is 4.86. The van der Waals surface area contributed by atoms with Gasteiger partial charge in [0.25, 0.3) is 0 Å². The average Bonchev–Trinajstić information content (AvgIpc) is 2.54. The van der Waals surface area contributed by atoms with E-state index in [-0.39, 0.29) is 5.91 Å². The summed E-state index contributed by atoms with van der Waals surface area (Å²) in [6.07, 6.45) is 6.52. The highest BCUT2D eigenvalue weighted by atomic mass is 16.1. The Balaban J connectivity index is 0.000000400. The molecular formula is C18H30N2O. The molecule has 3 nitrogen and oxygen atoms in total. The van der Waals surface area contributed by atoms with Crippen LogP contribution in [0.25, 0.3) is 0 Å². The summed E-state index contributed by atoms with van der Waals surface area (Å²) in [6.45, 7) is 10.8. The number of benzene rings is 1. The Morgan fingerprint density at radius 2 is 1.67 bits per heavy atom. The van der Waals surface area contributed by atoms with Gasteiger partial charge in [-0.15, -0.1) is 0 Å². The summed E-state index contributed by atoms with van der Waals surface area (Å²) in [5.41, 5.74) is 1.09. The van der Waals surface area contributed by atoms with Gasteiger partial charge in [-0.05, 0) is 37.6 Å². The van der Waals surface area contributed by atoms with Crippen molar-refractivity contribution >= 4 is 5.91 Å². The first-order chi connectivity index (χ1) is 10.2. The fourth-order valence-electron chi connectivity index (χ4n) is 1.59. The standard InChI is InChI=1S/C10H11NO.C8H19N/c1-2-10(12)11-8-9-6-4-3-5-7-9;1-3-5-7-9-8-6-4-2/h2-7H,1,8H2,(H,11,12);9H,3-8H2,1-2H3. The summed E-state index contributed by atoms with van der Waals surface area (Å²) in [5.74, 6) is -0.140. The van der Waals surface area contributed by atoms with Crippen molar-refractivity contribution in [2.24, 2.45) is 0 Å². The summed E-state index contributed by atoms with van der Waals surface area (Å²) < 4.78 is 0. The van der Waals surface area contributed by atoms with Gasteiger partial charge >= 0.3 is 0 Å². The van der Waals surface area contributed by atoms with Gasteiger partial charge < -0.3 is 10.6 Å². The first kappa shape index (κ1) is 19.4. The third-order valence-corrected chi connectivity index (χ3v) is 2.91. The Bertz CT molecular complexity index is 357. The molecule has 1 amide bonds. The van der Waals surface area contributed by atoms with Crippen LogP contribution >= 0.6 is 0 Å². The van der Waals surface area contributed by atoms with E-state index in [4.69, 9.17) is 0 Å². The molecule has 0 fully saturated rings. The van der Waals surface area contributed by atoms with Gasteiger partial charge in [0.1, 0.15) is 0 Å². The van der Waals surface area contributed by atoms with Crippen LogP contribution in [0.15, 0.2) is 43.0 Å². The van der Waals surface area contributed by atoms with E-state index in [1.807, 2.05) is 30.3 Å². The van der Waals surface area contributed by atoms with Crippen LogP contribution in [0.5, 0.6) is 0 Å². The Kier molecular flexibility index (Phi) is 13.7. The molecule has 0 heterocycles. The van der Waals surface area contributed by atoms with Crippen LogP contribution in [0.1, 0.15) is 45.1 Å². The fraction of sp³-hybridized carbons (Fsp3) is 0.500. The molecule has 3 heteroatoms. The molecule has 21 heavy (non-hydrogen) atoms.